The highest BCUT2D eigenvalue weighted by atomic mass is 32.2. The van der Waals surface area contributed by atoms with Crippen LogP contribution in [0.15, 0.2) is 48.5 Å². The molecule has 3 rings (SSSR count). The summed E-state index contributed by atoms with van der Waals surface area (Å²) in [6, 6.07) is 14.2. The third-order valence-corrected chi connectivity index (χ3v) is 6.99. The Bertz CT molecular complexity index is 982. The average Bonchev–Trinajstić information content (AvgIpc) is 2.72. The van der Waals surface area contributed by atoms with E-state index in [-0.39, 0.29) is 17.6 Å². The zero-order valence-electron chi connectivity index (χ0n) is 17.3. The Morgan fingerprint density at radius 3 is 2.34 bits per heavy atom. The molecule has 0 fully saturated rings. The maximum Gasteiger partial charge on any atom is 0.251 e. The number of sulfonamides is 1. The summed E-state index contributed by atoms with van der Waals surface area (Å²) < 4.78 is 30.8. The SMILES string of the molecule is CCC1(CC)CC(NC(=O)c2ccc(N(C)S(C)(=O)=O)cc2)c2ccccc2O1. The molecule has 6 nitrogen and oxygen atoms in total. The quantitative estimate of drug-likeness (QED) is 0.775. The van der Waals surface area contributed by atoms with Crippen molar-refractivity contribution in [1.29, 1.82) is 0 Å². The molecule has 1 heterocycles. The second-order valence-electron chi connectivity index (χ2n) is 7.54. The van der Waals surface area contributed by atoms with E-state index in [2.05, 4.69) is 19.2 Å². The fraction of sp³-hybridized carbons (Fsp3) is 0.409. The number of hydrogen-bond donors (Lipinski definition) is 1. The molecular formula is C22H28N2O4S. The summed E-state index contributed by atoms with van der Waals surface area (Å²) in [7, 11) is -1.86. The van der Waals surface area contributed by atoms with Gasteiger partial charge in [0.1, 0.15) is 11.4 Å². The Morgan fingerprint density at radius 1 is 1.14 bits per heavy atom. The number of fused-ring (bicyclic) bond motifs is 1. The van der Waals surface area contributed by atoms with Crippen LogP contribution in [0.3, 0.4) is 0 Å². The molecule has 1 aliphatic heterocycles. The Kier molecular flexibility index (Phi) is 5.89. The first kappa shape index (κ1) is 21.2. The van der Waals surface area contributed by atoms with Crippen LogP contribution in [0.1, 0.15) is 55.1 Å². The van der Waals surface area contributed by atoms with Crippen LogP contribution in [-0.2, 0) is 10.0 Å². The van der Waals surface area contributed by atoms with Gasteiger partial charge in [0, 0.05) is 24.6 Å². The lowest BCUT2D eigenvalue weighted by Crippen LogP contribution is -2.44. The monoisotopic (exact) mass is 416 g/mol. The number of ether oxygens (including phenoxy) is 1. The van der Waals surface area contributed by atoms with E-state index in [9.17, 15) is 13.2 Å². The lowest BCUT2D eigenvalue weighted by atomic mass is 9.83. The molecule has 0 saturated heterocycles. The lowest BCUT2D eigenvalue weighted by molar-refractivity contribution is 0.0227. The lowest BCUT2D eigenvalue weighted by Gasteiger charge is -2.41. The Balaban J connectivity index is 1.83. The highest BCUT2D eigenvalue weighted by Crippen LogP contribution is 2.42. The van der Waals surface area contributed by atoms with Crippen molar-refractivity contribution in [3.63, 3.8) is 0 Å². The second kappa shape index (κ2) is 8.06. The van der Waals surface area contributed by atoms with Crippen molar-refractivity contribution in [2.24, 2.45) is 0 Å². The first-order valence-corrected chi connectivity index (χ1v) is 11.7. The Morgan fingerprint density at radius 2 is 1.76 bits per heavy atom. The number of carbonyl (C=O) groups is 1. The van der Waals surface area contributed by atoms with Crippen molar-refractivity contribution in [2.75, 3.05) is 17.6 Å². The van der Waals surface area contributed by atoms with Gasteiger partial charge in [0.25, 0.3) is 5.91 Å². The van der Waals surface area contributed by atoms with E-state index < -0.39 is 10.0 Å². The minimum atomic E-state index is -3.35. The largest absolute Gasteiger partial charge is 0.487 e. The predicted octanol–water partition coefficient (Wildman–Crippen LogP) is 3.89. The van der Waals surface area contributed by atoms with Crippen molar-refractivity contribution in [2.45, 2.75) is 44.8 Å². The summed E-state index contributed by atoms with van der Waals surface area (Å²) in [5.41, 5.74) is 1.68. The van der Waals surface area contributed by atoms with E-state index in [0.717, 1.165) is 30.4 Å². The van der Waals surface area contributed by atoms with Crippen LogP contribution >= 0.6 is 0 Å². The first-order chi connectivity index (χ1) is 13.7. The van der Waals surface area contributed by atoms with Gasteiger partial charge in [-0.2, -0.15) is 0 Å². The summed E-state index contributed by atoms with van der Waals surface area (Å²) in [6.07, 6.45) is 3.56. The van der Waals surface area contributed by atoms with Crippen LogP contribution in [0.5, 0.6) is 5.75 Å². The molecule has 7 heteroatoms. The molecule has 2 aromatic rings. The third kappa shape index (κ3) is 4.40. The Hall–Kier alpha value is -2.54. The normalized spacial score (nSPS) is 17.7. The molecule has 0 aromatic heterocycles. The van der Waals surface area contributed by atoms with Crippen molar-refractivity contribution >= 4 is 21.6 Å². The highest BCUT2D eigenvalue weighted by molar-refractivity contribution is 7.92. The van der Waals surface area contributed by atoms with Gasteiger partial charge >= 0.3 is 0 Å². The molecule has 1 N–H and O–H groups in total. The molecule has 1 amide bonds. The molecule has 1 atom stereocenters. The topological polar surface area (TPSA) is 75.7 Å². The maximum absolute atomic E-state index is 12.9. The van der Waals surface area contributed by atoms with Gasteiger partial charge in [-0.25, -0.2) is 8.42 Å². The molecule has 1 unspecified atom stereocenters. The molecule has 156 valence electrons. The van der Waals surface area contributed by atoms with Gasteiger partial charge in [-0.05, 0) is 43.2 Å². The van der Waals surface area contributed by atoms with Gasteiger partial charge in [0.05, 0.1) is 18.0 Å². The zero-order valence-corrected chi connectivity index (χ0v) is 18.1. The van der Waals surface area contributed by atoms with Crippen LogP contribution in [0, 0.1) is 0 Å². The summed E-state index contributed by atoms with van der Waals surface area (Å²) in [4.78, 5) is 12.9. The molecule has 0 saturated carbocycles. The summed E-state index contributed by atoms with van der Waals surface area (Å²) in [5, 5.41) is 3.14. The number of carbonyl (C=O) groups excluding carboxylic acids is 1. The molecular weight excluding hydrogens is 388 g/mol. The third-order valence-electron chi connectivity index (χ3n) is 5.78. The fourth-order valence-electron chi connectivity index (χ4n) is 3.69. The molecule has 29 heavy (non-hydrogen) atoms. The molecule has 2 aromatic carbocycles. The van der Waals surface area contributed by atoms with Crippen LogP contribution in [0.2, 0.25) is 0 Å². The maximum atomic E-state index is 12.9. The molecule has 0 bridgehead atoms. The minimum absolute atomic E-state index is 0.147. The van der Waals surface area contributed by atoms with Gasteiger partial charge in [0.2, 0.25) is 10.0 Å². The van der Waals surface area contributed by atoms with Gasteiger partial charge < -0.3 is 10.1 Å². The van der Waals surface area contributed by atoms with Crippen LogP contribution in [0.4, 0.5) is 5.69 Å². The van der Waals surface area contributed by atoms with Gasteiger partial charge in [-0.3, -0.25) is 9.10 Å². The van der Waals surface area contributed by atoms with Gasteiger partial charge in [-0.15, -0.1) is 0 Å². The van der Waals surface area contributed by atoms with Crippen molar-refractivity contribution in [3.05, 3.63) is 59.7 Å². The zero-order chi connectivity index (χ0) is 21.2. The summed E-state index contributed by atoms with van der Waals surface area (Å²) >= 11 is 0. The van der Waals surface area contributed by atoms with Gasteiger partial charge in [0.15, 0.2) is 0 Å². The van der Waals surface area contributed by atoms with Crippen LogP contribution in [0.25, 0.3) is 0 Å². The van der Waals surface area contributed by atoms with Crippen molar-refractivity contribution in [1.82, 2.24) is 5.32 Å². The molecule has 1 aliphatic rings. The van der Waals surface area contributed by atoms with Crippen molar-refractivity contribution in [3.8, 4) is 5.75 Å². The van der Waals surface area contributed by atoms with E-state index in [1.165, 1.54) is 11.4 Å². The number of nitrogens with zero attached hydrogens (tertiary/aromatic N) is 1. The van der Waals surface area contributed by atoms with Gasteiger partial charge in [-0.1, -0.05) is 32.0 Å². The number of nitrogens with one attached hydrogen (secondary N) is 1. The van der Waals surface area contributed by atoms with E-state index in [1.807, 2.05) is 24.3 Å². The molecule has 0 aliphatic carbocycles. The second-order valence-corrected chi connectivity index (χ2v) is 9.55. The number of rotatable bonds is 6. The number of amides is 1. The van der Waals surface area contributed by atoms with Crippen LogP contribution in [-0.4, -0.2) is 33.2 Å². The van der Waals surface area contributed by atoms with E-state index >= 15 is 0 Å². The van der Waals surface area contributed by atoms with E-state index in [4.69, 9.17) is 4.74 Å². The predicted molar refractivity (Wildman–Crippen MR) is 115 cm³/mol. The smallest absolute Gasteiger partial charge is 0.251 e. The highest BCUT2D eigenvalue weighted by Gasteiger charge is 2.39. The number of para-hydroxylation sites is 1. The summed E-state index contributed by atoms with van der Waals surface area (Å²) in [5.74, 6) is 0.624. The minimum Gasteiger partial charge on any atom is -0.487 e. The van der Waals surface area contributed by atoms with E-state index in [1.54, 1.807) is 24.3 Å². The standard InChI is InChI=1S/C22H28N2O4S/c1-5-22(6-2)15-19(18-9-7-8-10-20(18)28-22)23-21(25)16-11-13-17(14-12-16)24(3)29(4,26)27/h7-14,19H,5-6,15H2,1-4H3,(H,23,25). The summed E-state index contributed by atoms with van der Waals surface area (Å²) in [6.45, 7) is 4.21. The fourth-order valence-corrected chi connectivity index (χ4v) is 4.19. The van der Waals surface area contributed by atoms with E-state index in [0.29, 0.717) is 17.7 Å². The number of benzene rings is 2. The Labute approximate surface area is 172 Å². The molecule has 0 spiro atoms. The van der Waals surface area contributed by atoms with Crippen molar-refractivity contribution < 1.29 is 17.9 Å². The average molecular weight is 417 g/mol. The number of anilines is 1. The molecule has 0 radical (unpaired) electrons. The first-order valence-electron chi connectivity index (χ1n) is 9.82. The van der Waals surface area contributed by atoms with Crippen LogP contribution < -0.4 is 14.4 Å². The number of hydrogen-bond acceptors (Lipinski definition) is 4.